The number of nitrogens with one attached hydrogen (secondary N) is 4. The predicted octanol–water partition coefficient (Wildman–Crippen LogP) is 11.8. The van der Waals surface area contributed by atoms with Crippen LogP contribution in [0.2, 0.25) is 0 Å². The first kappa shape index (κ1) is 72.7. The third kappa shape index (κ3) is 22.8. The van der Waals surface area contributed by atoms with Crippen LogP contribution in [-0.4, -0.2) is 163 Å². The molecule has 0 bridgehead atoms. The van der Waals surface area contributed by atoms with Crippen LogP contribution in [0.1, 0.15) is 267 Å². The van der Waals surface area contributed by atoms with Crippen molar-refractivity contribution in [2.75, 3.05) is 72.2 Å². The number of carbonyl (C=O) groups is 2. The minimum Gasteiger partial charge on any atom is -0.462 e. The molecule has 0 aromatic carbocycles. The van der Waals surface area contributed by atoms with Crippen molar-refractivity contribution >= 4 is 35.7 Å². The molecule has 2 aromatic heterocycles. The number of aromatic nitrogens is 6. The predicted molar refractivity (Wildman–Crippen MR) is 357 cm³/mol. The maximum absolute atomic E-state index is 13.1. The molecular weight excluding hydrogens is 1110 g/mol. The van der Waals surface area contributed by atoms with Crippen molar-refractivity contribution in [2.24, 2.45) is 0 Å². The molecule has 0 amide bonds. The molecule has 0 unspecified atom stereocenters. The largest absolute Gasteiger partial charge is 0.462 e. The summed E-state index contributed by atoms with van der Waals surface area (Å²) in [4.78, 5) is 66.8. The van der Waals surface area contributed by atoms with E-state index in [9.17, 15) is 9.59 Å². The topological polar surface area (TPSA) is 209 Å². The van der Waals surface area contributed by atoms with Crippen LogP contribution in [0.25, 0.3) is 0 Å². The van der Waals surface area contributed by atoms with Gasteiger partial charge in [0.05, 0.1) is 0 Å². The Kier molecular flexibility index (Phi) is 25.4. The van der Waals surface area contributed by atoms with E-state index in [0.717, 1.165) is 129 Å². The first-order valence-electron chi connectivity index (χ1n) is 34.4. The van der Waals surface area contributed by atoms with Gasteiger partial charge in [-0.3, -0.25) is 9.59 Å². The maximum Gasteiger partial charge on any atom is 0.323 e. The molecule has 4 saturated heterocycles. The van der Waals surface area contributed by atoms with Gasteiger partial charge in [-0.2, -0.15) is 29.9 Å². The summed E-state index contributed by atoms with van der Waals surface area (Å²) >= 11 is 0. The molecule has 4 aliphatic rings. The number of rotatable bonds is 33. The number of carbonyl (C=O) groups excluding carboxylic acids is 2. The Morgan fingerprint density at radius 2 is 0.568 bits per heavy atom. The fourth-order valence-electron chi connectivity index (χ4n) is 15.6. The normalized spacial score (nSPS) is 21.3. The zero-order chi connectivity index (χ0) is 64.9. The molecule has 88 heavy (non-hydrogen) atoms. The highest BCUT2D eigenvalue weighted by Gasteiger charge is 2.46. The van der Waals surface area contributed by atoms with Gasteiger partial charge in [-0.15, -0.1) is 0 Å². The van der Waals surface area contributed by atoms with Gasteiger partial charge in [0.1, 0.15) is 26.4 Å². The Labute approximate surface area is 532 Å². The molecule has 2 aromatic rings. The van der Waals surface area contributed by atoms with Crippen molar-refractivity contribution in [3.05, 3.63) is 0 Å². The van der Waals surface area contributed by atoms with Gasteiger partial charge in [0, 0.05) is 107 Å². The molecular formula is C68H124N14O6. The van der Waals surface area contributed by atoms with Gasteiger partial charge in [0.25, 0.3) is 0 Å². The average Bonchev–Trinajstić information content (AvgIpc) is 2.80. The molecule has 20 heteroatoms. The zero-order valence-corrected chi connectivity index (χ0v) is 59.0. The van der Waals surface area contributed by atoms with Crippen LogP contribution in [0.5, 0.6) is 12.0 Å². The van der Waals surface area contributed by atoms with Gasteiger partial charge in [0.15, 0.2) is 0 Å². The standard InChI is InChI=1S/C68H124N14O6/c1-21-25-33-79(49-41-61(5,6)75-62(7,8)42-49)55-69-56(80(34-26-22-2)50-43-63(9,10)76-64(11,12)44-50)72-59(71-55)87-39-37-85-53(83)31-29-30-32-54(84)86-38-40-88-60-73-57(81(35-27-23-3)51-45-65(13,14)77-66(15,16)46-51)70-58(74-60)82(36-28-24-4)52-47-67(17,18)78-68(19,20)48-52/h49-52,75-78H,21-48H2,1-20H3. The fourth-order valence-corrected chi connectivity index (χ4v) is 15.6. The Morgan fingerprint density at radius 3 is 0.773 bits per heavy atom. The molecule has 4 aliphatic heterocycles. The lowest BCUT2D eigenvalue weighted by molar-refractivity contribution is -0.146. The molecule has 20 nitrogen and oxygen atoms in total. The van der Waals surface area contributed by atoms with Crippen molar-refractivity contribution in [3.63, 3.8) is 0 Å². The maximum atomic E-state index is 13.1. The minimum atomic E-state index is -0.357. The number of piperidine rings is 4. The molecule has 6 rings (SSSR count). The third-order valence-corrected chi connectivity index (χ3v) is 17.8. The van der Waals surface area contributed by atoms with E-state index in [0.29, 0.717) is 36.6 Å². The molecule has 0 spiro atoms. The number of esters is 2. The second-order valence-corrected chi connectivity index (χ2v) is 31.8. The van der Waals surface area contributed by atoms with Crippen LogP contribution < -0.4 is 50.3 Å². The number of ether oxygens (including phenoxy) is 4. The van der Waals surface area contributed by atoms with Crippen LogP contribution in [0, 0.1) is 0 Å². The summed E-state index contributed by atoms with van der Waals surface area (Å²) in [6.07, 6.45) is 16.9. The van der Waals surface area contributed by atoms with Crippen LogP contribution in [0.3, 0.4) is 0 Å². The number of hydrogen-bond acceptors (Lipinski definition) is 20. The monoisotopic (exact) mass is 1230 g/mol. The summed E-state index contributed by atoms with van der Waals surface area (Å²) in [7, 11) is 0. The van der Waals surface area contributed by atoms with Gasteiger partial charge in [-0.1, -0.05) is 53.4 Å². The molecule has 4 fully saturated rings. The lowest BCUT2D eigenvalue weighted by atomic mass is 9.79. The van der Waals surface area contributed by atoms with Gasteiger partial charge in [0.2, 0.25) is 23.8 Å². The third-order valence-electron chi connectivity index (χ3n) is 17.8. The summed E-state index contributed by atoms with van der Waals surface area (Å²) in [5.74, 6) is 1.81. The summed E-state index contributed by atoms with van der Waals surface area (Å²) in [6.45, 7) is 48.9. The molecule has 4 N–H and O–H groups in total. The Hall–Kier alpha value is -4.40. The van der Waals surface area contributed by atoms with Crippen LogP contribution in [0.4, 0.5) is 23.8 Å². The summed E-state index contributed by atoms with van der Waals surface area (Å²) in [5, 5.41) is 15.5. The molecule has 0 atom stereocenters. The quantitative estimate of drug-likeness (QED) is 0.0387. The highest BCUT2D eigenvalue weighted by Crippen LogP contribution is 2.39. The van der Waals surface area contributed by atoms with Crippen molar-refractivity contribution in [1.29, 1.82) is 0 Å². The minimum absolute atomic E-state index is 0.0320. The van der Waals surface area contributed by atoms with Gasteiger partial charge in [-0.25, -0.2) is 0 Å². The van der Waals surface area contributed by atoms with Crippen molar-refractivity contribution in [3.8, 4) is 12.0 Å². The second-order valence-electron chi connectivity index (χ2n) is 31.8. The van der Waals surface area contributed by atoms with Crippen LogP contribution in [0.15, 0.2) is 0 Å². The van der Waals surface area contributed by atoms with E-state index >= 15 is 0 Å². The Balaban J connectivity index is 1.08. The Morgan fingerprint density at radius 1 is 0.352 bits per heavy atom. The SMILES string of the molecule is CCCCN(c1nc(OCCOC(=O)CCCCC(=O)OCCOc2nc(N(CCCC)C3CC(C)(C)NC(C)(C)C3)nc(N(CCCC)C3CC(C)(C)NC(C)(C)C3)n2)nc(N(CCCC)C2CC(C)(C)NC(C)(C)C2)n1)C1CC(C)(C)NC(C)(C)C1. The highest BCUT2D eigenvalue weighted by atomic mass is 16.6. The molecule has 502 valence electrons. The lowest BCUT2D eigenvalue weighted by Crippen LogP contribution is -2.63. The van der Waals surface area contributed by atoms with Crippen LogP contribution >= 0.6 is 0 Å². The van der Waals surface area contributed by atoms with E-state index in [-0.39, 0.29) is 132 Å². The second kappa shape index (κ2) is 30.8. The molecule has 6 heterocycles. The van der Waals surface area contributed by atoms with Crippen molar-refractivity contribution < 1.29 is 28.5 Å². The van der Waals surface area contributed by atoms with Gasteiger partial charge >= 0.3 is 24.0 Å². The number of unbranched alkanes of at least 4 members (excludes halogenated alkanes) is 5. The first-order chi connectivity index (χ1) is 41.1. The van der Waals surface area contributed by atoms with Crippen molar-refractivity contribution in [1.82, 2.24) is 51.2 Å². The van der Waals surface area contributed by atoms with Crippen molar-refractivity contribution in [2.45, 2.75) is 335 Å². The fraction of sp³-hybridized carbons (Fsp3) is 0.882. The summed E-state index contributed by atoms with van der Waals surface area (Å²) in [6, 6.07) is 1.26. The van der Waals surface area contributed by atoms with E-state index < -0.39 is 0 Å². The lowest BCUT2D eigenvalue weighted by Gasteiger charge is -2.50. The van der Waals surface area contributed by atoms with Gasteiger partial charge < -0.3 is 59.8 Å². The zero-order valence-electron chi connectivity index (χ0n) is 59.0. The van der Waals surface area contributed by atoms with E-state index in [4.69, 9.17) is 48.9 Å². The first-order valence-corrected chi connectivity index (χ1v) is 34.4. The van der Waals surface area contributed by atoms with E-state index in [1.165, 1.54) is 0 Å². The summed E-state index contributed by atoms with van der Waals surface area (Å²) in [5.41, 5.74) is -0.648. The van der Waals surface area contributed by atoms with Crippen LogP contribution in [-0.2, 0) is 19.1 Å². The Bertz CT molecular complexity index is 2150. The number of hydrogen-bond donors (Lipinski definition) is 4. The summed E-state index contributed by atoms with van der Waals surface area (Å²) < 4.78 is 24.1. The molecule has 0 saturated carbocycles. The van der Waals surface area contributed by atoms with E-state index in [2.05, 4.69) is 179 Å². The van der Waals surface area contributed by atoms with E-state index in [1.54, 1.807) is 0 Å². The average molecular weight is 1230 g/mol. The molecule has 0 aliphatic carbocycles. The number of anilines is 4. The van der Waals surface area contributed by atoms with Gasteiger partial charge in [-0.05, 0) is 201 Å². The van der Waals surface area contributed by atoms with E-state index in [1.807, 2.05) is 0 Å². The molecule has 0 radical (unpaired) electrons. The smallest absolute Gasteiger partial charge is 0.323 e. The number of nitrogens with zero attached hydrogens (tertiary/aromatic N) is 10. The highest BCUT2D eigenvalue weighted by molar-refractivity contribution is 5.70.